The molecule has 0 aliphatic heterocycles. The first-order valence-corrected chi connectivity index (χ1v) is 12.5. The Bertz CT molecular complexity index is 218. The maximum absolute atomic E-state index is 4.01. The molecule has 3 heteroatoms. The highest BCUT2D eigenvalue weighted by atomic mass is 28.4. The highest BCUT2D eigenvalue weighted by Crippen LogP contribution is 2.36. The molecule has 0 unspecified atom stereocenters. The van der Waals surface area contributed by atoms with E-state index in [1.807, 2.05) is 0 Å². The van der Waals surface area contributed by atoms with Crippen molar-refractivity contribution in [1.29, 1.82) is 0 Å². The van der Waals surface area contributed by atoms with Gasteiger partial charge in [0.1, 0.15) is 16.5 Å². The molecular formula is C12H27NSi2. The number of rotatable bonds is 4. The summed E-state index contributed by atoms with van der Waals surface area (Å²) in [5.74, 6) is 0. The van der Waals surface area contributed by atoms with E-state index in [4.69, 9.17) is 0 Å². The minimum Gasteiger partial charge on any atom is -0.356 e. The van der Waals surface area contributed by atoms with E-state index in [1.165, 1.54) is 32.1 Å². The Kier molecular flexibility index (Phi) is 4.38. The van der Waals surface area contributed by atoms with Crippen LogP contribution >= 0.6 is 0 Å². The van der Waals surface area contributed by atoms with E-state index in [9.17, 15) is 0 Å². The van der Waals surface area contributed by atoms with Gasteiger partial charge < -0.3 is 4.65 Å². The lowest BCUT2D eigenvalue weighted by Gasteiger charge is -2.40. The first kappa shape index (κ1) is 13.2. The maximum Gasteiger partial charge on any atom is 0.137 e. The van der Waals surface area contributed by atoms with Gasteiger partial charge in [0.25, 0.3) is 0 Å². The van der Waals surface area contributed by atoms with Gasteiger partial charge in [0.15, 0.2) is 0 Å². The number of nitrogens with one attached hydrogen (secondary N) is 1. The standard InChI is InChI=1S/C12H27NSi2/c1-6-14(2,3)13-15(4,5)12-10-8-7-9-11-12/h6,12-13H,1,7-11H2,2-5H3. The summed E-state index contributed by atoms with van der Waals surface area (Å²) >= 11 is 0. The molecule has 1 aliphatic carbocycles. The Labute approximate surface area is 97.5 Å². The van der Waals surface area contributed by atoms with Crippen LogP contribution < -0.4 is 4.65 Å². The van der Waals surface area contributed by atoms with Crippen LogP contribution in [0.1, 0.15) is 32.1 Å². The number of hydrogen-bond donors (Lipinski definition) is 1. The van der Waals surface area contributed by atoms with Crippen LogP contribution in [0.15, 0.2) is 12.3 Å². The van der Waals surface area contributed by atoms with Crippen molar-refractivity contribution in [3.8, 4) is 0 Å². The van der Waals surface area contributed by atoms with E-state index in [0.717, 1.165) is 5.54 Å². The van der Waals surface area contributed by atoms with Gasteiger partial charge in [0.05, 0.1) is 0 Å². The average Bonchev–Trinajstić information content (AvgIpc) is 2.18. The smallest absolute Gasteiger partial charge is 0.137 e. The summed E-state index contributed by atoms with van der Waals surface area (Å²) < 4.78 is 4.01. The fourth-order valence-electron chi connectivity index (χ4n) is 2.81. The molecule has 1 aliphatic rings. The molecule has 15 heavy (non-hydrogen) atoms. The van der Waals surface area contributed by atoms with Gasteiger partial charge in [-0.1, -0.05) is 64.0 Å². The summed E-state index contributed by atoms with van der Waals surface area (Å²) in [7, 11) is -2.54. The summed E-state index contributed by atoms with van der Waals surface area (Å²) in [6.45, 7) is 13.8. The topological polar surface area (TPSA) is 12.0 Å². The van der Waals surface area contributed by atoms with Crippen molar-refractivity contribution in [2.45, 2.75) is 63.8 Å². The van der Waals surface area contributed by atoms with Crippen LogP contribution in [-0.2, 0) is 0 Å². The highest BCUT2D eigenvalue weighted by molar-refractivity contribution is 6.94. The van der Waals surface area contributed by atoms with Crippen molar-refractivity contribution in [2.24, 2.45) is 0 Å². The van der Waals surface area contributed by atoms with Crippen LogP contribution in [0.5, 0.6) is 0 Å². The molecule has 1 rings (SSSR count). The van der Waals surface area contributed by atoms with Crippen molar-refractivity contribution < 1.29 is 0 Å². The van der Waals surface area contributed by atoms with Crippen molar-refractivity contribution in [1.82, 2.24) is 4.65 Å². The van der Waals surface area contributed by atoms with Gasteiger partial charge in [-0.15, -0.1) is 6.58 Å². The van der Waals surface area contributed by atoms with Gasteiger partial charge in [-0.2, -0.15) is 0 Å². The Morgan fingerprint density at radius 3 is 2.07 bits per heavy atom. The zero-order valence-corrected chi connectivity index (χ0v) is 12.9. The van der Waals surface area contributed by atoms with Crippen LogP contribution in [0.25, 0.3) is 0 Å². The fourth-order valence-corrected chi connectivity index (χ4v) is 12.5. The molecule has 1 nitrogen and oxygen atoms in total. The van der Waals surface area contributed by atoms with Crippen molar-refractivity contribution in [3.05, 3.63) is 12.3 Å². The second kappa shape index (κ2) is 4.98. The average molecular weight is 242 g/mol. The van der Waals surface area contributed by atoms with E-state index >= 15 is 0 Å². The van der Waals surface area contributed by atoms with E-state index in [1.54, 1.807) is 0 Å². The molecule has 1 fully saturated rings. The monoisotopic (exact) mass is 241 g/mol. The van der Waals surface area contributed by atoms with E-state index in [2.05, 4.69) is 43.1 Å². The largest absolute Gasteiger partial charge is 0.356 e. The summed E-state index contributed by atoms with van der Waals surface area (Å²) in [6.07, 6.45) is 7.31. The molecule has 0 aromatic rings. The van der Waals surface area contributed by atoms with Gasteiger partial charge in [-0.05, 0) is 5.54 Å². The third-order valence-electron chi connectivity index (χ3n) is 3.78. The second-order valence-corrected chi connectivity index (χ2v) is 15.2. The van der Waals surface area contributed by atoms with Gasteiger partial charge in [0.2, 0.25) is 0 Å². The van der Waals surface area contributed by atoms with Crippen molar-refractivity contribution >= 4 is 16.5 Å². The molecule has 88 valence electrons. The molecular weight excluding hydrogens is 214 g/mol. The molecule has 0 saturated heterocycles. The third kappa shape index (κ3) is 3.89. The Balaban J connectivity index is 2.60. The van der Waals surface area contributed by atoms with Crippen molar-refractivity contribution in [2.75, 3.05) is 0 Å². The lowest BCUT2D eigenvalue weighted by molar-refractivity contribution is 0.490. The zero-order valence-electron chi connectivity index (χ0n) is 10.9. The summed E-state index contributed by atoms with van der Waals surface area (Å²) in [5.41, 5.74) is 3.18. The molecule has 0 spiro atoms. The minimum atomic E-state index is -1.32. The second-order valence-electron chi connectivity index (χ2n) is 6.11. The summed E-state index contributed by atoms with van der Waals surface area (Å²) in [4.78, 5) is 0. The SMILES string of the molecule is C=C[Si](C)(C)N[Si](C)(C)C1CCCCC1. The van der Waals surface area contributed by atoms with E-state index in [-0.39, 0.29) is 0 Å². The first-order valence-electron chi connectivity index (χ1n) is 6.30. The summed E-state index contributed by atoms with van der Waals surface area (Å²) in [5, 5.41) is 0. The predicted octanol–water partition coefficient (Wildman–Crippen LogP) is 4.05. The van der Waals surface area contributed by atoms with Gasteiger partial charge in [0, 0.05) is 0 Å². The predicted molar refractivity (Wildman–Crippen MR) is 75.1 cm³/mol. The molecule has 0 aromatic carbocycles. The van der Waals surface area contributed by atoms with E-state index < -0.39 is 16.5 Å². The van der Waals surface area contributed by atoms with Gasteiger partial charge >= 0.3 is 0 Å². The molecule has 0 heterocycles. The van der Waals surface area contributed by atoms with E-state index in [0.29, 0.717) is 0 Å². The van der Waals surface area contributed by atoms with Gasteiger partial charge in [-0.25, -0.2) is 0 Å². The minimum absolute atomic E-state index is 0.998. The highest BCUT2D eigenvalue weighted by Gasteiger charge is 2.36. The van der Waals surface area contributed by atoms with Crippen LogP contribution in [0, 0.1) is 0 Å². The molecule has 1 N–H and O–H groups in total. The van der Waals surface area contributed by atoms with Gasteiger partial charge in [-0.3, -0.25) is 0 Å². The Hall–Kier alpha value is 0.134. The Morgan fingerprint density at radius 2 is 1.60 bits per heavy atom. The normalized spacial score (nSPS) is 20.3. The molecule has 0 radical (unpaired) electrons. The summed E-state index contributed by atoms with van der Waals surface area (Å²) in [6, 6.07) is 0. The fraction of sp³-hybridized carbons (Fsp3) is 0.833. The quantitative estimate of drug-likeness (QED) is 0.732. The van der Waals surface area contributed by atoms with Crippen LogP contribution in [0.2, 0.25) is 31.7 Å². The number of hydrogen-bond acceptors (Lipinski definition) is 1. The third-order valence-corrected chi connectivity index (χ3v) is 12.6. The van der Waals surface area contributed by atoms with Crippen LogP contribution in [-0.4, -0.2) is 16.5 Å². The molecule has 0 aromatic heterocycles. The molecule has 0 atom stereocenters. The lowest BCUT2D eigenvalue weighted by atomic mass is 10.0. The van der Waals surface area contributed by atoms with Crippen molar-refractivity contribution in [3.63, 3.8) is 0 Å². The molecule has 1 saturated carbocycles. The molecule has 0 amide bonds. The Morgan fingerprint density at radius 1 is 1.07 bits per heavy atom. The molecule has 0 bridgehead atoms. The lowest BCUT2D eigenvalue weighted by Crippen LogP contribution is -2.60. The zero-order chi connectivity index (χ0) is 11.5. The van der Waals surface area contributed by atoms with Crippen LogP contribution in [0.3, 0.4) is 0 Å². The first-order chi connectivity index (χ1) is 6.87. The maximum atomic E-state index is 4.01. The van der Waals surface area contributed by atoms with Crippen LogP contribution in [0.4, 0.5) is 0 Å².